The summed E-state index contributed by atoms with van der Waals surface area (Å²) in [6.45, 7) is 7.48. The van der Waals surface area contributed by atoms with E-state index in [1.165, 1.54) is 6.92 Å². The summed E-state index contributed by atoms with van der Waals surface area (Å²) in [6.07, 6.45) is 6.16. The van der Waals surface area contributed by atoms with Crippen molar-refractivity contribution in [1.82, 2.24) is 0 Å². The standard InChI is InChI=1S/C21H32O6/c1-14(2)8-10-18(23)15(3)6-5-7-19-20(27-16(4)22)11-9-17(13-26-19)12-21(24)25/h8,12,15,19-20H,5-7,9-11,13H2,1-4H3,(H,24,25)/t15?,19-,20+/m0/s1. The van der Waals surface area contributed by atoms with Gasteiger partial charge < -0.3 is 14.6 Å². The van der Waals surface area contributed by atoms with E-state index in [0.717, 1.165) is 24.5 Å². The third kappa shape index (κ3) is 9.52. The molecule has 0 saturated carbocycles. The van der Waals surface area contributed by atoms with Crippen LogP contribution >= 0.6 is 0 Å². The summed E-state index contributed by atoms with van der Waals surface area (Å²) in [4.78, 5) is 34.4. The van der Waals surface area contributed by atoms with Crippen LogP contribution < -0.4 is 0 Å². The molecule has 152 valence electrons. The average Bonchev–Trinajstić information content (AvgIpc) is 2.74. The predicted octanol–water partition coefficient (Wildman–Crippen LogP) is 3.84. The van der Waals surface area contributed by atoms with Crippen LogP contribution in [0.3, 0.4) is 0 Å². The quantitative estimate of drug-likeness (QED) is 0.371. The Labute approximate surface area is 161 Å². The van der Waals surface area contributed by atoms with Gasteiger partial charge in [0.25, 0.3) is 0 Å². The Morgan fingerprint density at radius 3 is 2.59 bits per heavy atom. The van der Waals surface area contributed by atoms with Gasteiger partial charge >= 0.3 is 11.9 Å². The van der Waals surface area contributed by atoms with Gasteiger partial charge in [-0.2, -0.15) is 0 Å². The summed E-state index contributed by atoms with van der Waals surface area (Å²) in [5.41, 5.74) is 1.82. The molecular formula is C21H32O6. The Kier molecular flexibility index (Phi) is 10.0. The van der Waals surface area contributed by atoms with E-state index in [4.69, 9.17) is 14.6 Å². The number of carboxylic acids is 1. The summed E-state index contributed by atoms with van der Waals surface area (Å²) < 4.78 is 11.2. The topological polar surface area (TPSA) is 89.9 Å². The van der Waals surface area contributed by atoms with Gasteiger partial charge in [0, 0.05) is 25.3 Å². The minimum atomic E-state index is -1.00. The number of rotatable bonds is 9. The van der Waals surface area contributed by atoms with Gasteiger partial charge in [0.05, 0.1) is 12.7 Å². The first-order chi connectivity index (χ1) is 12.7. The average molecular weight is 380 g/mol. The van der Waals surface area contributed by atoms with Crippen LogP contribution in [0.15, 0.2) is 23.3 Å². The van der Waals surface area contributed by atoms with Gasteiger partial charge in [0.1, 0.15) is 11.9 Å². The molecule has 1 rings (SSSR count). The second-order valence-corrected chi connectivity index (χ2v) is 7.46. The number of hydrogen-bond donors (Lipinski definition) is 1. The Morgan fingerprint density at radius 2 is 2.00 bits per heavy atom. The van der Waals surface area contributed by atoms with Crippen LogP contribution in [-0.2, 0) is 23.9 Å². The van der Waals surface area contributed by atoms with Crippen LogP contribution in [0, 0.1) is 5.92 Å². The Balaban J connectivity index is 2.60. The number of aliphatic carboxylic acids is 1. The molecule has 0 bridgehead atoms. The van der Waals surface area contributed by atoms with Crippen LogP contribution in [0.25, 0.3) is 0 Å². The number of hydrogen-bond acceptors (Lipinski definition) is 5. The van der Waals surface area contributed by atoms with E-state index in [9.17, 15) is 14.4 Å². The predicted molar refractivity (Wildman–Crippen MR) is 102 cm³/mol. The molecule has 0 aromatic rings. The number of ketones is 1. The first kappa shape index (κ1) is 23.1. The summed E-state index contributed by atoms with van der Waals surface area (Å²) >= 11 is 0. The van der Waals surface area contributed by atoms with Crippen molar-refractivity contribution in [1.29, 1.82) is 0 Å². The van der Waals surface area contributed by atoms with E-state index in [1.54, 1.807) is 0 Å². The third-order valence-corrected chi connectivity index (χ3v) is 4.68. The number of carbonyl (C=O) groups excluding carboxylic acids is 2. The lowest BCUT2D eigenvalue weighted by molar-refractivity contribution is -0.154. The van der Waals surface area contributed by atoms with Crippen molar-refractivity contribution in [2.45, 2.75) is 78.4 Å². The molecule has 0 aromatic carbocycles. The molecule has 27 heavy (non-hydrogen) atoms. The number of allylic oxidation sites excluding steroid dienone is 2. The van der Waals surface area contributed by atoms with Gasteiger partial charge in [-0.3, -0.25) is 9.59 Å². The fourth-order valence-corrected chi connectivity index (χ4v) is 3.10. The molecule has 1 fully saturated rings. The molecule has 1 heterocycles. The van der Waals surface area contributed by atoms with Crippen molar-refractivity contribution >= 4 is 17.7 Å². The van der Waals surface area contributed by atoms with Gasteiger partial charge in [-0.15, -0.1) is 0 Å². The van der Waals surface area contributed by atoms with E-state index >= 15 is 0 Å². The van der Waals surface area contributed by atoms with Crippen LogP contribution in [0.4, 0.5) is 0 Å². The summed E-state index contributed by atoms with van der Waals surface area (Å²) in [5, 5.41) is 8.91. The number of carboxylic acid groups (broad SMARTS) is 1. The maximum absolute atomic E-state index is 12.1. The number of esters is 1. The largest absolute Gasteiger partial charge is 0.478 e. The van der Waals surface area contributed by atoms with Gasteiger partial charge in [0.15, 0.2) is 0 Å². The highest BCUT2D eigenvalue weighted by Gasteiger charge is 2.28. The maximum atomic E-state index is 12.1. The zero-order valence-electron chi connectivity index (χ0n) is 16.8. The number of carbonyl (C=O) groups is 3. The second kappa shape index (κ2) is 11.7. The third-order valence-electron chi connectivity index (χ3n) is 4.68. The van der Waals surface area contributed by atoms with Crippen LogP contribution in [0.2, 0.25) is 0 Å². The normalized spacial score (nSPS) is 22.6. The first-order valence-electron chi connectivity index (χ1n) is 9.56. The van der Waals surface area contributed by atoms with Crippen molar-refractivity contribution < 1.29 is 29.0 Å². The lowest BCUT2D eigenvalue weighted by atomic mass is 9.94. The highest BCUT2D eigenvalue weighted by molar-refractivity contribution is 5.82. The van der Waals surface area contributed by atoms with E-state index in [0.29, 0.717) is 31.3 Å². The molecule has 0 radical (unpaired) electrons. The molecule has 6 nitrogen and oxygen atoms in total. The monoisotopic (exact) mass is 380 g/mol. The van der Waals surface area contributed by atoms with Crippen molar-refractivity contribution in [3.63, 3.8) is 0 Å². The molecule has 1 N–H and O–H groups in total. The van der Waals surface area contributed by atoms with E-state index in [1.807, 2.05) is 26.8 Å². The van der Waals surface area contributed by atoms with Gasteiger partial charge in [-0.25, -0.2) is 4.79 Å². The minimum absolute atomic E-state index is 0.0268. The summed E-state index contributed by atoms with van der Waals surface area (Å²) in [7, 11) is 0. The summed E-state index contributed by atoms with van der Waals surface area (Å²) in [5.74, 6) is -1.17. The fourth-order valence-electron chi connectivity index (χ4n) is 3.10. The number of Topliss-reactive ketones (excluding diaryl/α,β-unsaturated/α-hetero) is 1. The van der Waals surface area contributed by atoms with Crippen LogP contribution in [-0.4, -0.2) is 41.6 Å². The Bertz CT molecular complexity index is 585. The SMILES string of the molecule is CC(=O)O[C@@H]1CCC(=CC(=O)O)CO[C@H]1CCCC(C)C(=O)CC=C(C)C. The van der Waals surface area contributed by atoms with E-state index < -0.39 is 5.97 Å². The highest BCUT2D eigenvalue weighted by Crippen LogP contribution is 2.25. The smallest absolute Gasteiger partial charge is 0.328 e. The molecule has 1 aliphatic heterocycles. The zero-order valence-corrected chi connectivity index (χ0v) is 16.8. The molecule has 0 aromatic heterocycles. The lowest BCUT2D eigenvalue weighted by Gasteiger charge is -2.24. The van der Waals surface area contributed by atoms with Gasteiger partial charge in [-0.1, -0.05) is 25.0 Å². The molecular weight excluding hydrogens is 348 g/mol. The summed E-state index contributed by atoms with van der Waals surface area (Å²) in [6, 6.07) is 0. The molecule has 3 atom stereocenters. The Morgan fingerprint density at radius 1 is 1.30 bits per heavy atom. The van der Waals surface area contributed by atoms with Gasteiger partial charge in [0.2, 0.25) is 0 Å². The molecule has 0 aliphatic carbocycles. The van der Waals surface area contributed by atoms with Crippen molar-refractivity contribution in [3.8, 4) is 0 Å². The second-order valence-electron chi connectivity index (χ2n) is 7.46. The molecule has 0 amide bonds. The number of ether oxygens (including phenoxy) is 2. The highest BCUT2D eigenvalue weighted by atomic mass is 16.6. The molecule has 0 spiro atoms. The first-order valence-corrected chi connectivity index (χ1v) is 9.56. The van der Waals surface area contributed by atoms with Crippen LogP contribution in [0.1, 0.15) is 66.2 Å². The fraction of sp³-hybridized carbons (Fsp3) is 0.667. The van der Waals surface area contributed by atoms with E-state index in [-0.39, 0.29) is 36.5 Å². The van der Waals surface area contributed by atoms with Crippen LogP contribution in [0.5, 0.6) is 0 Å². The van der Waals surface area contributed by atoms with Crippen molar-refractivity contribution in [3.05, 3.63) is 23.3 Å². The molecule has 1 unspecified atom stereocenters. The minimum Gasteiger partial charge on any atom is -0.478 e. The van der Waals surface area contributed by atoms with E-state index in [2.05, 4.69) is 0 Å². The Hall–Kier alpha value is -1.95. The zero-order chi connectivity index (χ0) is 20.4. The van der Waals surface area contributed by atoms with Gasteiger partial charge in [-0.05, 0) is 45.1 Å². The maximum Gasteiger partial charge on any atom is 0.328 e. The van der Waals surface area contributed by atoms with Crippen molar-refractivity contribution in [2.75, 3.05) is 6.61 Å². The van der Waals surface area contributed by atoms with Crippen molar-refractivity contribution in [2.24, 2.45) is 5.92 Å². The lowest BCUT2D eigenvalue weighted by Crippen LogP contribution is -2.32. The molecule has 6 heteroatoms. The molecule has 1 aliphatic rings. The molecule has 1 saturated heterocycles.